The molecule has 17 heteroatoms. The first kappa shape index (κ1) is 79.2. The molecule has 0 spiro atoms. The Balaban J connectivity index is 0.000000102. The SMILES string of the molecule is c1ccc(-c2cc(-c3ccccc3)cc(-n3c4ccccc4c4c5sc6ccccc6c5c5c6ncncc6sc5c43)c2)cc1.c1ccc(-c2ccc(-n3c4ccccc4c4c5sc6ccccc6c5c5c6ncncc6sc5c43)cc2)cc1.c1ccc(-c2nc(-c3ccc(-n4c5ccccc5c5c4c4sc6cncnc6c4c4c6ccccc6n(-c6ccccc6)c45)cc3)nc3ccccc23)cc1. The third-order valence-electron chi connectivity index (χ3n) is 27.5. The molecule has 0 aliphatic heterocycles. The van der Waals surface area contributed by atoms with E-state index in [4.69, 9.17) is 24.9 Å². The molecule has 0 radical (unpaired) electrons. The fraction of sp³-hybridized carbons (Fsp3) is 0. The Labute approximate surface area is 812 Å². The summed E-state index contributed by atoms with van der Waals surface area (Å²) in [5, 5.41) is 19.9. The van der Waals surface area contributed by atoms with E-state index in [1.165, 1.54) is 169 Å². The molecule has 18 aromatic carbocycles. The van der Waals surface area contributed by atoms with Gasteiger partial charge in [-0.1, -0.05) is 279 Å². The summed E-state index contributed by atoms with van der Waals surface area (Å²) in [5.41, 5.74) is 28.2. The predicted octanol–water partition coefficient (Wildman–Crippen LogP) is 33.9. The van der Waals surface area contributed by atoms with Gasteiger partial charge in [0.2, 0.25) is 0 Å². The summed E-state index contributed by atoms with van der Waals surface area (Å²) in [6.07, 6.45) is 10.9. The van der Waals surface area contributed by atoms with Crippen molar-refractivity contribution in [1.29, 1.82) is 0 Å². The van der Waals surface area contributed by atoms with E-state index in [0.29, 0.717) is 5.82 Å². The molecule has 0 bridgehead atoms. The Bertz CT molecular complexity index is 10400. The molecule has 0 amide bonds. The zero-order chi connectivity index (χ0) is 91.0. The van der Waals surface area contributed by atoms with Gasteiger partial charge in [-0.3, -0.25) is 0 Å². The van der Waals surface area contributed by atoms with Gasteiger partial charge in [-0.25, -0.2) is 39.9 Å². The molecule has 12 nitrogen and oxygen atoms in total. The summed E-state index contributed by atoms with van der Waals surface area (Å²) in [6.45, 7) is 0. The van der Waals surface area contributed by atoms with E-state index in [1.807, 2.05) is 59.5 Å². The van der Waals surface area contributed by atoms with Crippen molar-refractivity contribution in [2.75, 3.05) is 0 Å². The van der Waals surface area contributed by atoms with Crippen molar-refractivity contribution in [2.24, 2.45) is 0 Å². The Hall–Kier alpha value is -17.2. The van der Waals surface area contributed by atoms with E-state index in [2.05, 4.69) is 403 Å². The second-order valence-corrected chi connectivity index (χ2v) is 40.4. The van der Waals surface area contributed by atoms with E-state index < -0.39 is 0 Å². The minimum Gasteiger partial charge on any atom is -0.309 e. The van der Waals surface area contributed by atoms with Gasteiger partial charge in [0.05, 0.1) is 100 Å². The first-order valence-corrected chi connectivity index (χ1v) is 50.3. The maximum absolute atomic E-state index is 5.16. The lowest BCUT2D eigenvalue weighted by molar-refractivity contribution is 1.18. The minimum atomic E-state index is 0.700. The number of aromatic nitrogens is 12. The molecule has 31 rings (SSSR count). The van der Waals surface area contributed by atoms with Crippen LogP contribution in [0.3, 0.4) is 0 Å². The van der Waals surface area contributed by atoms with E-state index in [1.54, 1.807) is 53.0 Å². The van der Waals surface area contributed by atoms with E-state index in [9.17, 15) is 0 Å². The average molecular weight is 1860 g/mol. The molecule has 139 heavy (non-hydrogen) atoms. The third-order valence-corrected chi connectivity index (χ3v) is 33.2. The Morgan fingerprint density at radius 2 is 0.518 bits per heavy atom. The molecule has 648 valence electrons. The molecule has 31 aromatic rings. The van der Waals surface area contributed by atoms with Crippen molar-refractivity contribution < 1.29 is 0 Å². The molecule has 0 N–H and O–H groups in total. The molecular weight excluding hydrogens is 1790 g/mol. The van der Waals surface area contributed by atoms with Crippen LogP contribution in [0.25, 0.3) is 278 Å². The average Bonchev–Trinajstić information content (AvgIpc) is 1.53. The van der Waals surface area contributed by atoms with Gasteiger partial charge in [-0.15, -0.1) is 56.7 Å². The van der Waals surface area contributed by atoms with Crippen molar-refractivity contribution in [3.05, 3.63) is 426 Å². The topological polar surface area (TPSA) is 123 Å². The number of hydrogen-bond donors (Lipinski definition) is 0. The quantitative estimate of drug-likeness (QED) is 0.140. The fourth-order valence-electron chi connectivity index (χ4n) is 21.7. The normalized spacial score (nSPS) is 12.0. The smallest absolute Gasteiger partial charge is 0.160 e. The maximum atomic E-state index is 5.16. The molecule has 0 unspecified atom stereocenters. The Kier molecular flexibility index (Phi) is 18.1. The van der Waals surface area contributed by atoms with Gasteiger partial charge in [0.1, 0.15) is 19.0 Å². The molecular formula is C122H70N12S5. The highest BCUT2D eigenvalue weighted by atomic mass is 32.1. The van der Waals surface area contributed by atoms with Crippen LogP contribution in [-0.4, -0.2) is 58.1 Å². The van der Waals surface area contributed by atoms with Crippen LogP contribution in [0.5, 0.6) is 0 Å². The molecule has 0 aliphatic rings. The van der Waals surface area contributed by atoms with Crippen molar-refractivity contribution in [3.8, 4) is 78.8 Å². The van der Waals surface area contributed by atoms with Crippen molar-refractivity contribution >= 4 is 256 Å². The van der Waals surface area contributed by atoms with Gasteiger partial charge in [0.15, 0.2) is 5.82 Å². The summed E-state index contributed by atoms with van der Waals surface area (Å²) in [4.78, 5) is 38.1. The van der Waals surface area contributed by atoms with Gasteiger partial charge in [-0.2, -0.15) is 0 Å². The van der Waals surface area contributed by atoms with Crippen molar-refractivity contribution in [2.45, 2.75) is 0 Å². The molecule has 0 aliphatic carbocycles. The van der Waals surface area contributed by atoms with Crippen LogP contribution in [-0.2, 0) is 0 Å². The van der Waals surface area contributed by atoms with E-state index in [-0.39, 0.29) is 0 Å². The number of thiophene rings is 5. The van der Waals surface area contributed by atoms with Crippen LogP contribution in [0.15, 0.2) is 426 Å². The number of rotatable bonds is 9. The van der Waals surface area contributed by atoms with Crippen molar-refractivity contribution in [1.82, 2.24) is 58.1 Å². The van der Waals surface area contributed by atoms with Gasteiger partial charge < -0.3 is 18.3 Å². The summed E-state index contributed by atoms with van der Waals surface area (Å²) in [5.74, 6) is 0.700. The van der Waals surface area contributed by atoms with Crippen LogP contribution >= 0.6 is 56.7 Å². The second kappa shape index (κ2) is 31.7. The number of hydrogen-bond acceptors (Lipinski definition) is 13. The number of para-hydroxylation sites is 6. The molecule has 0 saturated heterocycles. The molecule has 0 saturated carbocycles. The largest absolute Gasteiger partial charge is 0.309 e. The van der Waals surface area contributed by atoms with Gasteiger partial charge in [0, 0.05) is 157 Å². The van der Waals surface area contributed by atoms with Gasteiger partial charge in [0.25, 0.3) is 0 Å². The van der Waals surface area contributed by atoms with Gasteiger partial charge in [-0.05, 0) is 143 Å². The van der Waals surface area contributed by atoms with Crippen LogP contribution in [0.4, 0.5) is 0 Å². The molecule has 0 fully saturated rings. The standard InChI is InChI=1S/C48H28N6S.C40H23N3S2.C34H19N3S2/c1-3-13-29(14-4-1)43-33-17-7-10-20-36(33)51-48(52-43)30-23-25-32(26-24-30)54-38-22-12-9-19-35(38)41-45-40(42-44-39(27-49-28-50-44)55-47(42)46(41)54)34-18-8-11-21-37(34)53(45)31-15-5-2-6-16-31;1-3-11-24(12-4-1)26-19-27(25-13-5-2-6-14-25)21-28(20-26)43-31-17-9-7-15-29(31)35-38(43)40-36(37-33(45-40)22-41-23-42-37)34-30-16-8-10-18-32(30)44-39(34)35;1-2-8-20(9-3-1)21-14-16-22(17-15-21)37-25-12-6-4-10-23(25)29-32(37)34-30(31-27(39-34)18-35-19-36-31)28-24-11-5-7-13-26(24)38-33(28)29/h1-28H;1-23H;1-19H. The highest BCUT2D eigenvalue weighted by Gasteiger charge is 2.32. The summed E-state index contributed by atoms with van der Waals surface area (Å²) in [6, 6.07) is 139. The lowest BCUT2D eigenvalue weighted by Crippen LogP contribution is -1.97. The fourth-order valence-corrected chi connectivity index (χ4v) is 27.7. The summed E-state index contributed by atoms with van der Waals surface area (Å²) >= 11 is 9.15. The predicted molar refractivity (Wildman–Crippen MR) is 588 cm³/mol. The monoisotopic (exact) mass is 1860 g/mol. The number of fused-ring (bicyclic) bond motifs is 37. The second-order valence-electron chi connectivity index (χ2n) is 35.1. The highest BCUT2D eigenvalue weighted by Crippen LogP contribution is 2.57. The van der Waals surface area contributed by atoms with Gasteiger partial charge >= 0.3 is 0 Å². The Morgan fingerprint density at radius 3 is 0.978 bits per heavy atom. The first-order chi connectivity index (χ1) is 69.0. The van der Waals surface area contributed by atoms with E-state index in [0.717, 1.165) is 103 Å². The zero-order valence-electron chi connectivity index (χ0n) is 73.8. The first-order valence-electron chi connectivity index (χ1n) is 46.2. The maximum Gasteiger partial charge on any atom is 0.160 e. The number of benzene rings is 18. The van der Waals surface area contributed by atoms with Crippen LogP contribution in [0.1, 0.15) is 0 Å². The summed E-state index contributed by atoms with van der Waals surface area (Å²) < 4.78 is 22.1. The Morgan fingerprint density at radius 1 is 0.194 bits per heavy atom. The van der Waals surface area contributed by atoms with E-state index >= 15 is 0 Å². The lowest BCUT2D eigenvalue weighted by Gasteiger charge is -2.14. The minimum absolute atomic E-state index is 0.700. The summed E-state index contributed by atoms with van der Waals surface area (Å²) in [7, 11) is 0. The third kappa shape index (κ3) is 12.3. The molecule has 13 heterocycles. The van der Waals surface area contributed by atoms with Crippen LogP contribution < -0.4 is 0 Å². The van der Waals surface area contributed by atoms with Crippen molar-refractivity contribution in [3.63, 3.8) is 0 Å². The zero-order valence-corrected chi connectivity index (χ0v) is 77.9. The molecule has 0 atom stereocenters. The van der Waals surface area contributed by atoms with Crippen LogP contribution in [0.2, 0.25) is 0 Å². The lowest BCUT2D eigenvalue weighted by atomic mass is 9.98. The molecule has 13 aromatic heterocycles. The number of nitrogens with zero attached hydrogens (tertiary/aromatic N) is 12. The van der Waals surface area contributed by atoms with Crippen LogP contribution in [0, 0.1) is 0 Å². The highest BCUT2D eigenvalue weighted by molar-refractivity contribution is 7.30.